The van der Waals surface area contributed by atoms with Crippen molar-refractivity contribution in [2.24, 2.45) is 0 Å². The fourth-order valence-electron chi connectivity index (χ4n) is 3.50. The van der Waals surface area contributed by atoms with E-state index in [0.29, 0.717) is 6.10 Å². The monoisotopic (exact) mass is 276 g/mol. The molecule has 0 bridgehead atoms. The summed E-state index contributed by atoms with van der Waals surface area (Å²) in [5.41, 5.74) is 2.28. The molecule has 3 atom stereocenters. The highest BCUT2D eigenvalue weighted by Crippen LogP contribution is 2.36. The van der Waals surface area contributed by atoms with Crippen molar-refractivity contribution in [1.29, 1.82) is 0 Å². The maximum Gasteiger partial charge on any atom is 0.123 e. The first kappa shape index (κ1) is 13.9. The quantitative estimate of drug-likeness (QED) is 0.919. The summed E-state index contributed by atoms with van der Waals surface area (Å²) < 4.78 is 11.7. The van der Waals surface area contributed by atoms with Crippen LogP contribution >= 0.6 is 0 Å². The fourth-order valence-corrected chi connectivity index (χ4v) is 3.50. The molecule has 3 unspecified atom stereocenters. The van der Waals surface area contributed by atoms with Crippen molar-refractivity contribution in [2.75, 3.05) is 7.11 Å². The van der Waals surface area contributed by atoms with Crippen molar-refractivity contribution in [2.45, 2.75) is 63.3 Å². The Morgan fingerprint density at radius 1 is 1.10 bits per heavy atom. The highest BCUT2D eigenvalue weighted by atomic mass is 16.5. The van der Waals surface area contributed by atoms with E-state index < -0.39 is 0 Å². The lowest BCUT2D eigenvalue weighted by atomic mass is 9.88. The van der Waals surface area contributed by atoms with Gasteiger partial charge in [0, 0.05) is 13.5 Å². The van der Waals surface area contributed by atoms with Crippen LogP contribution in [0.5, 0.6) is 5.75 Å². The van der Waals surface area contributed by atoms with E-state index in [2.05, 4.69) is 0 Å². The summed E-state index contributed by atoms with van der Waals surface area (Å²) in [5.74, 6) is 0.975. The van der Waals surface area contributed by atoms with Crippen LogP contribution in [-0.4, -0.2) is 24.4 Å². The average molecular weight is 276 g/mol. The van der Waals surface area contributed by atoms with Gasteiger partial charge in [0.05, 0.1) is 12.2 Å². The number of hydrogen-bond acceptors (Lipinski definition) is 3. The third kappa shape index (κ3) is 2.84. The molecule has 0 aliphatic heterocycles. The summed E-state index contributed by atoms with van der Waals surface area (Å²) in [7, 11) is 1.79. The minimum atomic E-state index is -0.319. The molecule has 1 fully saturated rings. The molecule has 0 radical (unpaired) electrons. The lowest BCUT2D eigenvalue weighted by Crippen LogP contribution is -2.30. The van der Waals surface area contributed by atoms with E-state index in [1.807, 2.05) is 18.2 Å². The number of hydrogen-bond donors (Lipinski definition) is 1. The largest absolute Gasteiger partial charge is 0.490 e. The summed E-state index contributed by atoms with van der Waals surface area (Å²) >= 11 is 0. The van der Waals surface area contributed by atoms with Gasteiger partial charge in [-0.15, -0.1) is 0 Å². The first-order chi connectivity index (χ1) is 9.78. The van der Waals surface area contributed by atoms with E-state index in [4.69, 9.17) is 9.47 Å². The maximum absolute atomic E-state index is 10.1. The summed E-state index contributed by atoms with van der Waals surface area (Å²) in [6.45, 7) is 0. The lowest BCUT2D eigenvalue weighted by molar-refractivity contribution is 0.0204. The maximum atomic E-state index is 10.1. The van der Waals surface area contributed by atoms with Crippen molar-refractivity contribution in [3.63, 3.8) is 0 Å². The summed E-state index contributed by atoms with van der Waals surface area (Å²) in [5, 5.41) is 10.1. The van der Waals surface area contributed by atoms with Crippen molar-refractivity contribution >= 4 is 0 Å². The standard InChI is InChI=1S/C17H24O3/c1-19-12-5-2-6-13(11-12)20-17-10-4-7-14-15(17)8-3-9-16(14)18/h4,7,10,12-13,16,18H,2-3,5-6,8-9,11H2,1H3. The second-order valence-electron chi connectivity index (χ2n) is 6.00. The van der Waals surface area contributed by atoms with Crippen molar-refractivity contribution < 1.29 is 14.6 Å². The SMILES string of the molecule is COC1CCCC(Oc2cccc3c2CCCC3O)C1. The van der Waals surface area contributed by atoms with E-state index >= 15 is 0 Å². The van der Waals surface area contributed by atoms with E-state index in [0.717, 1.165) is 49.8 Å². The topological polar surface area (TPSA) is 38.7 Å². The highest BCUT2D eigenvalue weighted by Gasteiger charge is 2.26. The Kier molecular flexibility index (Phi) is 4.27. The van der Waals surface area contributed by atoms with Crippen LogP contribution in [0.2, 0.25) is 0 Å². The minimum Gasteiger partial charge on any atom is -0.490 e. The molecule has 0 heterocycles. The zero-order valence-electron chi connectivity index (χ0n) is 12.2. The predicted octanol–water partition coefficient (Wildman–Crippen LogP) is 3.39. The van der Waals surface area contributed by atoms with Crippen LogP contribution in [0.25, 0.3) is 0 Å². The number of aliphatic hydroxyl groups is 1. The smallest absolute Gasteiger partial charge is 0.123 e. The number of ether oxygens (including phenoxy) is 2. The molecule has 1 aromatic rings. The molecule has 1 N–H and O–H groups in total. The molecule has 0 aromatic heterocycles. The molecular weight excluding hydrogens is 252 g/mol. The third-order valence-electron chi connectivity index (χ3n) is 4.64. The molecule has 2 aliphatic rings. The van der Waals surface area contributed by atoms with Gasteiger partial charge in [-0.25, -0.2) is 0 Å². The van der Waals surface area contributed by atoms with Gasteiger partial charge in [-0.05, 0) is 55.7 Å². The van der Waals surface area contributed by atoms with Crippen LogP contribution in [0.15, 0.2) is 18.2 Å². The zero-order chi connectivity index (χ0) is 13.9. The summed E-state index contributed by atoms with van der Waals surface area (Å²) in [4.78, 5) is 0. The number of aliphatic hydroxyl groups excluding tert-OH is 1. The predicted molar refractivity (Wildman–Crippen MR) is 78.0 cm³/mol. The molecule has 0 amide bonds. The van der Waals surface area contributed by atoms with Gasteiger partial charge < -0.3 is 14.6 Å². The molecular formula is C17H24O3. The molecule has 3 rings (SSSR count). The van der Waals surface area contributed by atoms with Crippen LogP contribution in [0.3, 0.4) is 0 Å². The number of methoxy groups -OCH3 is 1. The molecule has 110 valence electrons. The van der Waals surface area contributed by atoms with E-state index in [-0.39, 0.29) is 12.2 Å². The third-order valence-corrected chi connectivity index (χ3v) is 4.64. The minimum absolute atomic E-state index is 0.249. The Morgan fingerprint density at radius 2 is 1.95 bits per heavy atom. The molecule has 20 heavy (non-hydrogen) atoms. The molecule has 0 spiro atoms. The normalized spacial score (nSPS) is 29.8. The Balaban J connectivity index is 1.76. The Morgan fingerprint density at radius 3 is 2.80 bits per heavy atom. The number of rotatable bonds is 3. The van der Waals surface area contributed by atoms with Gasteiger partial charge in [0.15, 0.2) is 0 Å². The zero-order valence-corrected chi connectivity index (χ0v) is 12.2. The van der Waals surface area contributed by atoms with Crippen molar-refractivity contribution in [3.8, 4) is 5.75 Å². The lowest BCUT2D eigenvalue weighted by Gasteiger charge is -2.31. The first-order valence-electron chi connectivity index (χ1n) is 7.77. The summed E-state index contributed by atoms with van der Waals surface area (Å²) in [6.07, 6.45) is 7.57. The first-order valence-corrected chi connectivity index (χ1v) is 7.77. The van der Waals surface area contributed by atoms with E-state index in [1.54, 1.807) is 7.11 Å². The van der Waals surface area contributed by atoms with Gasteiger partial charge in [-0.3, -0.25) is 0 Å². The molecule has 3 heteroatoms. The highest BCUT2D eigenvalue weighted by molar-refractivity contribution is 5.43. The van der Waals surface area contributed by atoms with Gasteiger partial charge >= 0.3 is 0 Å². The molecule has 1 saturated carbocycles. The Bertz CT molecular complexity index is 458. The van der Waals surface area contributed by atoms with Crippen LogP contribution in [0.1, 0.15) is 55.8 Å². The van der Waals surface area contributed by atoms with Gasteiger partial charge in [-0.2, -0.15) is 0 Å². The van der Waals surface area contributed by atoms with Crippen LogP contribution < -0.4 is 4.74 Å². The van der Waals surface area contributed by atoms with E-state index in [1.165, 1.54) is 12.0 Å². The Hall–Kier alpha value is -1.06. The second-order valence-corrected chi connectivity index (χ2v) is 6.00. The average Bonchev–Trinajstić information content (AvgIpc) is 2.49. The van der Waals surface area contributed by atoms with Gasteiger partial charge in [0.1, 0.15) is 11.9 Å². The van der Waals surface area contributed by atoms with Gasteiger partial charge in [0.2, 0.25) is 0 Å². The second kappa shape index (κ2) is 6.15. The van der Waals surface area contributed by atoms with Gasteiger partial charge in [-0.1, -0.05) is 12.1 Å². The summed E-state index contributed by atoms with van der Waals surface area (Å²) in [6, 6.07) is 6.08. The molecule has 0 saturated heterocycles. The number of fused-ring (bicyclic) bond motifs is 1. The molecule has 2 aliphatic carbocycles. The fraction of sp³-hybridized carbons (Fsp3) is 0.647. The molecule has 3 nitrogen and oxygen atoms in total. The van der Waals surface area contributed by atoms with Crippen LogP contribution in [0, 0.1) is 0 Å². The Labute approximate surface area is 120 Å². The van der Waals surface area contributed by atoms with Crippen LogP contribution in [-0.2, 0) is 11.2 Å². The van der Waals surface area contributed by atoms with Crippen molar-refractivity contribution in [3.05, 3.63) is 29.3 Å². The van der Waals surface area contributed by atoms with Gasteiger partial charge in [0.25, 0.3) is 0 Å². The molecule has 1 aromatic carbocycles. The number of benzene rings is 1. The van der Waals surface area contributed by atoms with Crippen molar-refractivity contribution in [1.82, 2.24) is 0 Å². The van der Waals surface area contributed by atoms with E-state index in [9.17, 15) is 5.11 Å². The van der Waals surface area contributed by atoms with Crippen LogP contribution in [0.4, 0.5) is 0 Å².